The fourth-order valence-corrected chi connectivity index (χ4v) is 6.86. The molecule has 4 aromatic rings. The molecule has 1 fully saturated rings. The van der Waals surface area contributed by atoms with Gasteiger partial charge in [0, 0.05) is 36.6 Å². The van der Waals surface area contributed by atoms with Crippen molar-refractivity contribution in [3.8, 4) is 10.8 Å². The number of methoxy groups -OCH3 is 1. The van der Waals surface area contributed by atoms with Crippen LogP contribution in [0, 0.1) is 12.7 Å². The molecule has 2 unspecified atom stereocenters. The Balaban J connectivity index is 1.77. The molecule has 3 aromatic heterocycles. The van der Waals surface area contributed by atoms with E-state index in [1.165, 1.54) is 41.2 Å². The van der Waals surface area contributed by atoms with Crippen molar-refractivity contribution in [1.82, 2.24) is 23.8 Å². The SMILES string of the molecule is COc1ccc(F)cc1C(Cn1c(=O)n(C(C)(C)C(=O)N2CCCC2)c(=O)c2c(C)c(-n3cccn3)sc21)OCC(C)O. The summed E-state index contributed by atoms with van der Waals surface area (Å²) in [6.07, 6.45) is 3.26. The highest BCUT2D eigenvalue weighted by Crippen LogP contribution is 2.35. The average Bonchev–Trinajstić information content (AvgIpc) is 3.74. The van der Waals surface area contributed by atoms with Crippen LogP contribution in [-0.2, 0) is 21.6 Å². The van der Waals surface area contributed by atoms with Crippen LogP contribution in [0.2, 0.25) is 0 Å². The number of aromatic nitrogens is 4. The van der Waals surface area contributed by atoms with Crippen LogP contribution in [0.5, 0.6) is 5.75 Å². The molecule has 4 heterocycles. The Morgan fingerprint density at radius 3 is 2.58 bits per heavy atom. The number of hydrogen-bond donors (Lipinski definition) is 1. The zero-order valence-corrected chi connectivity index (χ0v) is 25.7. The van der Waals surface area contributed by atoms with E-state index in [2.05, 4.69) is 5.10 Å². The molecule has 5 rings (SSSR count). The summed E-state index contributed by atoms with van der Waals surface area (Å²) in [5.74, 6) is -0.517. The van der Waals surface area contributed by atoms with Gasteiger partial charge in [-0.25, -0.2) is 18.4 Å². The number of carbonyl (C=O) groups excluding carboxylic acids is 1. The molecule has 0 radical (unpaired) electrons. The maximum Gasteiger partial charge on any atom is 0.333 e. The van der Waals surface area contributed by atoms with Crippen molar-refractivity contribution in [1.29, 1.82) is 0 Å². The number of amides is 1. The summed E-state index contributed by atoms with van der Waals surface area (Å²) in [5, 5.41) is 15.3. The second kappa shape index (κ2) is 12.1. The van der Waals surface area contributed by atoms with Crippen LogP contribution in [-0.4, -0.2) is 67.7 Å². The highest BCUT2D eigenvalue weighted by atomic mass is 32.1. The van der Waals surface area contributed by atoms with Gasteiger partial charge in [-0.3, -0.25) is 14.2 Å². The lowest BCUT2D eigenvalue weighted by Crippen LogP contribution is -2.56. The summed E-state index contributed by atoms with van der Waals surface area (Å²) in [5.41, 5.74) is -1.85. The normalized spacial score (nSPS) is 15.3. The smallest absolute Gasteiger partial charge is 0.333 e. The highest BCUT2D eigenvalue weighted by molar-refractivity contribution is 7.21. The Kier molecular flexibility index (Phi) is 8.59. The van der Waals surface area contributed by atoms with Gasteiger partial charge in [0.2, 0.25) is 5.91 Å². The number of aryl methyl sites for hydroxylation is 1. The largest absolute Gasteiger partial charge is 0.496 e. The van der Waals surface area contributed by atoms with Gasteiger partial charge in [0.1, 0.15) is 33.0 Å². The zero-order valence-electron chi connectivity index (χ0n) is 24.9. The fraction of sp³-hybridized carbons (Fsp3) is 0.467. The van der Waals surface area contributed by atoms with Crippen molar-refractivity contribution in [3.63, 3.8) is 0 Å². The summed E-state index contributed by atoms with van der Waals surface area (Å²) >= 11 is 1.21. The van der Waals surface area contributed by atoms with Gasteiger partial charge in [0.15, 0.2) is 0 Å². The molecule has 1 aromatic carbocycles. The second-order valence-corrected chi connectivity index (χ2v) is 12.3. The molecule has 13 heteroatoms. The molecule has 230 valence electrons. The third-order valence-electron chi connectivity index (χ3n) is 7.80. The van der Waals surface area contributed by atoms with Crippen molar-refractivity contribution >= 4 is 27.5 Å². The summed E-state index contributed by atoms with van der Waals surface area (Å²) in [6.45, 7) is 7.35. The topological polar surface area (TPSA) is 121 Å². The van der Waals surface area contributed by atoms with Crippen molar-refractivity contribution in [2.45, 2.75) is 64.8 Å². The number of likely N-dealkylation sites (tertiary alicyclic amines) is 1. The van der Waals surface area contributed by atoms with Crippen molar-refractivity contribution in [3.05, 3.63) is 74.4 Å². The van der Waals surface area contributed by atoms with Gasteiger partial charge in [-0.1, -0.05) is 11.3 Å². The predicted octanol–water partition coefficient (Wildman–Crippen LogP) is 3.36. The van der Waals surface area contributed by atoms with Gasteiger partial charge in [-0.15, -0.1) is 0 Å². The number of rotatable bonds is 10. The van der Waals surface area contributed by atoms with Crippen LogP contribution < -0.4 is 16.0 Å². The first kappa shape index (κ1) is 30.6. The summed E-state index contributed by atoms with van der Waals surface area (Å²) in [6, 6.07) is 5.73. The van der Waals surface area contributed by atoms with E-state index >= 15 is 0 Å². The number of nitrogens with zero attached hydrogens (tertiary/aromatic N) is 5. The predicted molar refractivity (Wildman–Crippen MR) is 161 cm³/mol. The molecule has 0 saturated carbocycles. The zero-order chi connectivity index (χ0) is 31.1. The molecular weight excluding hydrogens is 577 g/mol. The first-order valence-corrected chi connectivity index (χ1v) is 15.0. The number of halogens is 1. The molecular formula is C30H36FN5O6S. The Bertz CT molecular complexity index is 1750. The lowest BCUT2D eigenvalue weighted by molar-refractivity contribution is -0.138. The van der Waals surface area contributed by atoms with Crippen LogP contribution in [0.25, 0.3) is 15.2 Å². The number of benzene rings is 1. The Morgan fingerprint density at radius 1 is 1.23 bits per heavy atom. The van der Waals surface area contributed by atoms with Crippen LogP contribution in [0.4, 0.5) is 4.39 Å². The van der Waals surface area contributed by atoms with Gasteiger partial charge in [-0.2, -0.15) is 5.10 Å². The number of aliphatic hydroxyl groups excluding tert-OH is 1. The quantitative estimate of drug-likeness (QED) is 0.291. The maximum absolute atomic E-state index is 14.5. The van der Waals surface area contributed by atoms with Gasteiger partial charge in [0.25, 0.3) is 5.56 Å². The van der Waals surface area contributed by atoms with E-state index in [0.717, 1.165) is 17.4 Å². The van der Waals surface area contributed by atoms with Gasteiger partial charge in [-0.05, 0) is 64.8 Å². The minimum Gasteiger partial charge on any atom is -0.496 e. The van der Waals surface area contributed by atoms with E-state index < -0.39 is 34.8 Å². The number of aliphatic hydroxyl groups is 1. The lowest BCUT2D eigenvalue weighted by atomic mass is 10.0. The number of carbonyl (C=O) groups is 1. The Morgan fingerprint density at radius 2 is 1.95 bits per heavy atom. The van der Waals surface area contributed by atoms with Gasteiger partial charge >= 0.3 is 5.69 Å². The van der Waals surface area contributed by atoms with Crippen LogP contribution in [0.3, 0.4) is 0 Å². The number of hydrogen-bond acceptors (Lipinski definition) is 8. The highest BCUT2D eigenvalue weighted by Gasteiger charge is 2.39. The van der Waals surface area contributed by atoms with Crippen LogP contribution >= 0.6 is 11.3 Å². The summed E-state index contributed by atoms with van der Waals surface area (Å²) in [4.78, 5) is 44.4. The first-order chi connectivity index (χ1) is 20.4. The van der Waals surface area contributed by atoms with E-state index in [9.17, 15) is 23.9 Å². The molecule has 0 aliphatic carbocycles. The van der Waals surface area contributed by atoms with Crippen molar-refractivity contribution in [2.24, 2.45) is 0 Å². The molecule has 1 amide bonds. The molecule has 43 heavy (non-hydrogen) atoms. The molecule has 0 bridgehead atoms. The first-order valence-electron chi connectivity index (χ1n) is 14.2. The molecule has 1 N–H and O–H groups in total. The summed E-state index contributed by atoms with van der Waals surface area (Å²) < 4.78 is 30.1. The minimum absolute atomic E-state index is 0.108. The summed E-state index contributed by atoms with van der Waals surface area (Å²) in [7, 11) is 1.44. The molecule has 1 aliphatic heterocycles. The minimum atomic E-state index is -1.50. The van der Waals surface area contributed by atoms with Gasteiger partial charge in [0.05, 0.1) is 31.8 Å². The Hall–Kier alpha value is -3.81. The second-order valence-electron chi connectivity index (χ2n) is 11.3. The van der Waals surface area contributed by atoms with Crippen molar-refractivity contribution < 1.29 is 23.8 Å². The van der Waals surface area contributed by atoms with Crippen LogP contribution in [0.1, 0.15) is 50.8 Å². The maximum atomic E-state index is 14.5. The fourth-order valence-electron chi connectivity index (χ4n) is 5.62. The van der Waals surface area contributed by atoms with Crippen molar-refractivity contribution in [2.75, 3.05) is 26.8 Å². The third kappa shape index (κ3) is 5.64. The third-order valence-corrected chi connectivity index (χ3v) is 9.11. The number of fused-ring (bicyclic) bond motifs is 1. The molecule has 0 spiro atoms. The van der Waals surface area contributed by atoms with E-state index in [1.54, 1.807) is 55.7 Å². The van der Waals surface area contributed by atoms with E-state index in [1.807, 2.05) is 0 Å². The van der Waals surface area contributed by atoms with Crippen LogP contribution in [0.15, 0.2) is 46.2 Å². The lowest BCUT2D eigenvalue weighted by Gasteiger charge is -2.31. The molecule has 2 atom stereocenters. The number of thiophene rings is 1. The van der Waals surface area contributed by atoms with Gasteiger partial charge < -0.3 is 19.5 Å². The molecule has 1 aliphatic rings. The van der Waals surface area contributed by atoms with E-state index in [4.69, 9.17) is 9.47 Å². The molecule has 11 nitrogen and oxygen atoms in total. The number of ether oxygens (including phenoxy) is 2. The van der Waals surface area contributed by atoms with E-state index in [0.29, 0.717) is 39.8 Å². The standard InChI is InChI=1S/C30H36FN5O6S/c1-18(37)17-42-23(21-15-20(31)9-10-22(21)41-5)16-34-27-24(19(2)26(43-27)35-14-8-11-32-35)25(38)36(29(34)40)30(3,4)28(39)33-12-6-7-13-33/h8-11,14-15,18,23,37H,6-7,12-13,16-17H2,1-5H3. The van der Waals surface area contributed by atoms with E-state index in [-0.39, 0.29) is 24.4 Å². The molecule has 1 saturated heterocycles. The average molecular weight is 614 g/mol. The Labute approximate surface area is 251 Å². The monoisotopic (exact) mass is 613 g/mol.